The van der Waals surface area contributed by atoms with Crippen molar-refractivity contribution in [2.24, 2.45) is 5.41 Å². The van der Waals surface area contributed by atoms with Gasteiger partial charge in [0, 0.05) is 12.5 Å². The van der Waals surface area contributed by atoms with Crippen molar-refractivity contribution in [3.8, 4) is 0 Å². The van der Waals surface area contributed by atoms with Crippen molar-refractivity contribution < 1.29 is 14.7 Å². The van der Waals surface area contributed by atoms with Crippen molar-refractivity contribution in [1.29, 1.82) is 0 Å². The number of aryl methyl sites for hydroxylation is 1. The molecule has 0 radical (unpaired) electrons. The second-order valence-electron chi connectivity index (χ2n) is 5.99. The fourth-order valence-electron chi connectivity index (χ4n) is 1.93. The Morgan fingerprint density at radius 1 is 1.40 bits per heavy atom. The van der Waals surface area contributed by atoms with Crippen LogP contribution in [0, 0.1) is 5.41 Å². The summed E-state index contributed by atoms with van der Waals surface area (Å²) >= 11 is 0. The molecule has 3 N–H and O–H groups in total. The Bertz CT molecular complexity index is 476. The normalized spacial score (nSPS) is 13.0. The van der Waals surface area contributed by atoms with Crippen LogP contribution in [0.25, 0.3) is 0 Å². The standard InChI is InChI=1S/C13H22N4O3/c1-5-9-15-11(17-16-9)12(20)14-8(6-10(18)19)7-13(2,3)4/h8H,5-7H2,1-4H3,(H,14,20)(H,18,19)(H,15,16,17). The molecule has 0 aliphatic carbocycles. The second-order valence-corrected chi connectivity index (χ2v) is 5.99. The summed E-state index contributed by atoms with van der Waals surface area (Å²) in [4.78, 5) is 26.9. The number of carbonyl (C=O) groups excluding carboxylic acids is 1. The maximum absolute atomic E-state index is 12.0. The first-order valence-electron chi connectivity index (χ1n) is 6.65. The molecule has 0 spiro atoms. The van der Waals surface area contributed by atoms with Gasteiger partial charge in [-0.3, -0.25) is 14.7 Å². The van der Waals surface area contributed by atoms with E-state index in [0.29, 0.717) is 18.7 Å². The first kappa shape index (κ1) is 16.1. The molecule has 0 aliphatic heterocycles. The van der Waals surface area contributed by atoms with Gasteiger partial charge in [0.25, 0.3) is 5.91 Å². The number of hydrogen-bond acceptors (Lipinski definition) is 4. The lowest BCUT2D eigenvalue weighted by Gasteiger charge is -2.25. The van der Waals surface area contributed by atoms with E-state index in [0.717, 1.165) is 0 Å². The number of nitrogens with one attached hydrogen (secondary N) is 2. The third-order valence-corrected chi connectivity index (χ3v) is 2.68. The Hall–Kier alpha value is -1.92. The van der Waals surface area contributed by atoms with E-state index in [-0.39, 0.29) is 17.7 Å². The SMILES string of the molecule is CCc1nc(C(=O)NC(CC(=O)O)CC(C)(C)C)n[nH]1. The van der Waals surface area contributed by atoms with Crippen molar-refractivity contribution in [2.45, 2.75) is 53.0 Å². The topological polar surface area (TPSA) is 108 Å². The predicted molar refractivity (Wildman–Crippen MR) is 73.3 cm³/mol. The van der Waals surface area contributed by atoms with Crippen molar-refractivity contribution in [3.05, 3.63) is 11.6 Å². The summed E-state index contributed by atoms with van der Waals surface area (Å²) in [6, 6.07) is -0.441. The molecule has 1 unspecified atom stereocenters. The molecule has 0 saturated heterocycles. The van der Waals surface area contributed by atoms with Crippen molar-refractivity contribution in [2.75, 3.05) is 0 Å². The van der Waals surface area contributed by atoms with Crippen LogP contribution < -0.4 is 5.32 Å². The van der Waals surface area contributed by atoms with Crippen LogP contribution in [0.5, 0.6) is 0 Å². The minimum absolute atomic E-state index is 0.0474. The Balaban J connectivity index is 2.72. The maximum Gasteiger partial charge on any atom is 0.305 e. The van der Waals surface area contributed by atoms with Gasteiger partial charge in [0.2, 0.25) is 5.82 Å². The van der Waals surface area contributed by atoms with E-state index < -0.39 is 17.9 Å². The van der Waals surface area contributed by atoms with Gasteiger partial charge in [0.15, 0.2) is 0 Å². The number of carboxylic acid groups (broad SMARTS) is 1. The van der Waals surface area contributed by atoms with E-state index in [1.54, 1.807) is 0 Å². The fraction of sp³-hybridized carbons (Fsp3) is 0.692. The lowest BCUT2D eigenvalue weighted by atomic mass is 9.87. The Kier molecular flexibility index (Phi) is 5.24. The van der Waals surface area contributed by atoms with Crippen molar-refractivity contribution >= 4 is 11.9 Å². The van der Waals surface area contributed by atoms with Gasteiger partial charge in [0.1, 0.15) is 5.82 Å². The quantitative estimate of drug-likeness (QED) is 0.730. The van der Waals surface area contributed by atoms with E-state index in [1.807, 2.05) is 27.7 Å². The molecule has 1 rings (SSSR count). The van der Waals surface area contributed by atoms with Gasteiger partial charge in [-0.2, -0.15) is 0 Å². The molecule has 0 aliphatic rings. The largest absolute Gasteiger partial charge is 0.481 e. The molecule has 0 bridgehead atoms. The lowest BCUT2D eigenvalue weighted by Crippen LogP contribution is -2.39. The first-order chi connectivity index (χ1) is 9.21. The number of aromatic amines is 1. The van der Waals surface area contributed by atoms with Gasteiger partial charge in [-0.15, -0.1) is 5.10 Å². The second kappa shape index (κ2) is 6.49. The molecular weight excluding hydrogens is 260 g/mol. The Labute approximate surface area is 118 Å². The Morgan fingerprint density at radius 2 is 2.05 bits per heavy atom. The molecule has 1 aromatic rings. The molecule has 0 fully saturated rings. The minimum atomic E-state index is -0.941. The number of amides is 1. The lowest BCUT2D eigenvalue weighted by molar-refractivity contribution is -0.137. The molecular formula is C13H22N4O3. The summed E-state index contributed by atoms with van der Waals surface area (Å²) in [6.07, 6.45) is 1.10. The fourth-order valence-corrected chi connectivity index (χ4v) is 1.93. The number of carboxylic acids is 1. The van der Waals surface area contributed by atoms with E-state index in [9.17, 15) is 9.59 Å². The molecule has 0 aromatic carbocycles. The van der Waals surface area contributed by atoms with E-state index in [2.05, 4.69) is 20.5 Å². The summed E-state index contributed by atoms with van der Waals surface area (Å²) in [5.74, 6) is -0.716. The van der Waals surface area contributed by atoms with Gasteiger partial charge in [-0.25, -0.2) is 4.98 Å². The molecule has 1 heterocycles. The number of rotatable bonds is 6. The average molecular weight is 282 g/mol. The third kappa shape index (κ3) is 5.38. The number of H-pyrrole nitrogens is 1. The Morgan fingerprint density at radius 3 is 2.50 bits per heavy atom. The van der Waals surface area contributed by atoms with Crippen LogP contribution >= 0.6 is 0 Å². The van der Waals surface area contributed by atoms with Gasteiger partial charge < -0.3 is 10.4 Å². The van der Waals surface area contributed by atoms with Crippen LogP contribution in [0.2, 0.25) is 0 Å². The van der Waals surface area contributed by atoms with Gasteiger partial charge >= 0.3 is 5.97 Å². The smallest absolute Gasteiger partial charge is 0.305 e. The number of aromatic nitrogens is 3. The number of hydrogen-bond donors (Lipinski definition) is 3. The molecule has 1 atom stereocenters. The van der Waals surface area contributed by atoms with Crippen molar-refractivity contribution in [1.82, 2.24) is 20.5 Å². The maximum atomic E-state index is 12.0. The average Bonchev–Trinajstić information content (AvgIpc) is 2.73. The van der Waals surface area contributed by atoms with Crippen LogP contribution in [-0.4, -0.2) is 38.2 Å². The van der Waals surface area contributed by atoms with Crippen LogP contribution in [0.4, 0.5) is 0 Å². The van der Waals surface area contributed by atoms with Crippen LogP contribution in [0.3, 0.4) is 0 Å². The summed E-state index contributed by atoms with van der Waals surface area (Å²) in [7, 11) is 0. The highest BCUT2D eigenvalue weighted by molar-refractivity contribution is 5.90. The zero-order chi connectivity index (χ0) is 15.3. The minimum Gasteiger partial charge on any atom is -0.481 e. The van der Waals surface area contributed by atoms with Crippen LogP contribution in [0.15, 0.2) is 0 Å². The molecule has 1 amide bonds. The molecule has 20 heavy (non-hydrogen) atoms. The van der Waals surface area contributed by atoms with Gasteiger partial charge in [-0.1, -0.05) is 27.7 Å². The van der Waals surface area contributed by atoms with Gasteiger partial charge in [0.05, 0.1) is 6.42 Å². The number of aliphatic carboxylic acids is 1. The first-order valence-corrected chi connectivity index (χ1v) is 6.65. The zero-order valence-corrected chi connectivity index (χ0v) is 12.4. The van der Waals surface area contributed by atoms with E-state index >= 15 is 0 Å². The van der Waals surface area contributed by atoms with E-state index in [1.165, 1.54) is 0 Å². The summed E-state index contributed by atoms with van der Waals surface area (Å²) < 4.78 is 0. The van der Waals surface area contributed by atoms with Crippen LogP contribution in [-0.2, 0) is 11.2 Å². The number of nitrogens with zero attached hydrogens (tertiary/aromatic N) is 2. The third-order valence-electron chi connectivity index (χ3n) is 2.68. The predicted octanol–water partition coefficient (Wildman–Crippen LogP) is 1.38. The summed E-state index contributed by atoms with van der Waals surface area (Å²) in [5, 5.41) is 18.1. The molecule has 7 heteroatoms. The molecule has 0 saturated carbocycles. The highest BCUT2D eigenvalue weighted by Crippen LogP contribution is 2.22. The molecule has 112 valence electrons. The highest BCUT2D eigenvalue weighted by atomic mass is 16.4. The highest BCUT2D eigenvalue weighted by Gasteiger charge is 2.24. The summed E-state index contributed by atoms with van der Waals surface area (Å²) in [6.45, 7) is 7.89. The van der Waals surface area contributed by atoms with Gasteiger partial charge in [-0.05, 0) is 11.8 Å². The number of carbonyl (C=O) groups is 2. The molecule has 7 nitrogen and oxygen atoms in total. The monoisotopic (exact) mass is 282 g/mol. The zero-order valence-electron chi connectivity index (χ0n) is 12.4. The van der Waals surface area contributed by atoms with E-state index in [4.69, 9.17) is 5.11 Å². The van der Waals surface area contributed by atoms with Crippen molar-refractivity contribution in [3.63, 3.8) is 0 Å². The summed E-state index contributed by atoms with van der Waals surface area (Å²) in [5.41, 5.74) is -0.0824. The van der Waals surface area contributed by atoms with Crippen LogP contribution in [0.1, 0.15) is 57.0 Å². The molecule has 1 aromatic heterocycles.